The summed E-state index contributed by atoms with van der Waals surface area (Å²) in [5.74, 6) is 0.883. The molecule has 2 rings (SSSR count). The summed E-state index contributed by atoms with van der Waals surface area (Å²) in [6.07, 6.45) is 1.84. The number of rotatable bonds is 1. The molecule has 1 aromatic heterocycles. The Hall–Kier alpha value is -0.560. The molecule has 1 aliphatic heterocycles. The van der Waals surface area contributed by atoms with E-state index in [2.05, 4.69) is 32.5 Å². The van der Waals surface area contributed by atoms with Gasteiger partial charge in [-0.3, -0.25) is 0 Å². The number of nitrogens with zero attached hydrogens (tertiary/aromatic N) is 2. The van der Waals surface area contributed by atoms with E-state index in [1.807, 2.05) is 12.3 Å². The summed E-state index contributed by atoms with van der Waals surface area (Å²) in [7, 11) is 0. The smallest absolute Gasteiger partial charge is 0.151 e. The van der Waals surface area contributed by atoms with Crippen LogP contribution in [-0.2, 0) is 4.74 Å². The van der Waals surface area contributed by atoms with Gasteiger partial charge in [-0.05, 0) is 28.7 Å². The average molecular weight is 305 g/mol. The number of ether oxygens (including phenoxy) is 1. The molecule has 2 N–H and O–H groups in total. The van der Waals surface area contributed by atoms with Gasteiger partial charge in [-0.1, -0.05) is 0 Å². The standard InChI is InChI=1S/C9H12IN3O/c10-7-5-8(11)9(12-6-7)13-1-3-14-4-2-13/h5-6H,1-4,11H2. The van der Waals surface area contributed by atoms with Gasteiger partial charge in [0.25, 0.3) is 0 Å². The van der Waals surface area contributed by atoms with Crippen molar-refractivity contribution in [1.29, 1.82) is 0 Å². The van der Waals surface area contributed by atoms with E-state index in [0.29, 0.717) is 0 Å². The van der Waals surface area contributed by atoms with Crippen LogP contribution in [0.3, 0.4) is 0 Å². The van der Waals surface area contributed by atoms with Crippen LogP contribution in [-0.4, -0.2) is 31.3 Å². The summed E-state index contributed by atoms with van der Waals surface area (Å²) >= 11 is 2.21. The summed E-state index contributed by atoms with van der Waals surface area (Å²) in [5.41, 5.74) is 6.65. The number of hydrogen-bond acceptors (Lipinski definition) is 4. The molecule has 2 heterocycles. The topological polar surface area (TPSA) is 51.4 Å². The number of nitrogens with two attached hydrogens (primary N) is 1. The highest BCUT2D eigenvalue weighted by Gasteiger charge is 2.14. The fourth-order valence-electron chi connectivity index (χ4n) is 1.49. The summed E-state index contributed by atoms with van der Waals surface area (Å²) in [4.78, 5) is 6.50. The Balaban J connectivity index is 2.22. The molecule has 0 atom stereocenters. The first kappa shape index (κ1) is 9.97. The number of anilines is 2. The first-order valence-electron chi connectivity index (χ1n) is 4.51. The summed E-state index contributed by atoms with van der Waals surface area (Å²) < 4.78 is 6.34. The number of hydrogen-bond donors (Lipinski definition) is 1. The zero-order valence-electron chi connectivity index (χ0n) is 7.74. The Labute approximate surface area is 96.6 Å². The van der Waals surface area contributed by atoms with Gasteiger partial charge in [0.15, 0.2) is 5.82 Å². The molecule has 0 bridgehead atoms. The highest BCUT2D eigenvalue weighted by molar-refractivity contribution is 14.1. The zero-order valence-corrected chi connectivity index (χ0v) is 9.90. The Bertz CT molecular complexity index is 326. The molecule has 0 saturated carbocycles. The van der Waals surface area contributed by atoms with Crippen LogP contribution in [0.1, 0.15) is 0 Å². The molecule has 0 aromatic carbocycles. The van der Waals surface area contributed by atoms with Crippen LogP contribution in [0.4, 0.5) is 11.5 Å². The van der Waals surface area contributed by atoms with E-state index in [0.717, 1.165) is 41.4 Å². The van der Waals surface area contributed by atoms with Gasteiger partial charge in [-0.2, -0.15) is 0 Å². The molecule has 1 aromatic rings. The molecule has 5 heteroatoms. The molecular formula is C9H12IN3O. The normalized spacial score (nSPS) is 17.1. The third-order valence-electron chi connectivity index (χ3n) is 2.17. The maximum atomic E-state index is 5.90. The summed E-state index contributed by atoms with van der Waals surface area (Å²) in [6, 6.07) is 1.94. The van der Waals surface area contributed by atoms with Crippen molar-refractivity contribution in [3.8, 4) is 0 Å². The van der Waals surface area contributed by atoms with Crippen LogP contribution in [0.2, 0.25) is 0 Å². The minimum absolute atomic E-state index is 0.749. The van der Waals surface area contributed by atoms with E-state index in [-0.39, 0.29) is 0 Å². The summed E-state index contributed by atoms with van der Waals surface area (Å²) in [5, 5.41) is 0. The molecule has 1 saturated heterocycles. The van der Waals surface area contributed by atoms with Crippen molar-refractivity contribution in [1.82, 2.24) is 4.98 Å². The van der Waals surface area contributed by atoms with Crippen molar-refractivity contribution in [2.45, 2.75) is 0 Å². The molecule has 0 aliphatic carbocycles. The minimum atomic E-state index is 0.749. The van der Waals surface area contributed by atoms with Crippen LogP contribution >= 0.6 is 22.6 Å². The lowest BCUT2D eigenvalue weighted by atomic mass is 10.3. The predicted octanol–water partition coefficient (Wildman–Crippen LogP) is 1.11. The van der Waals surface area contributed by atoms with E-state index in [1.165, 1.54) is 0 Å². The number of halogens is 1. The van der Waals surface area contributed by atoms with E-state index >= 15 is 0 Å². The molecular weight excluding hydrogens is 293 g/mol. The van der Waals surface area contributed by atoms with Crippen LogP contribution in [0.5, 0.6) is 0 Å². The first-order chi connectivity index (χ1) is 6.77. The monoisotopic (exact) mass is 305 g/mol. The van der Waals surface area contributed by atoms with Gasteiger partial charge in [0.05, 0.1) is 18.9 Å². The van der Waals surface area contributed by atoms with Crippen molar-refractivity contribution in [2.24, 2.45) is 0 Å². The van der Waals surface area contributed by atoms with Crippen molar-refractivity contribution < 1.29 is 4.74 Å². The number of aromatic nitrogens is 1. The van der Waals surface area contributed by atoms with Crippen molar-refractivity contribution in [3.05, 3.63) is 15.8 Å². The number of nitrogen functional groups attached to an aromatic ring is 1. The predicted molar refractivity (Wildman–Crippen MR) is 64.4 cm³/mol. The lowest BCUT2D eigenvalue weighted by molar-refractivity contribution is 0.122. The first-order valence-corrected chi connectivity index (χ1v) is 5.59. The van der Waals surface area contributed by atoms with Gasteiger partial charge in [0, 0.05) is 22.9 Å². The highest BCUT2D eigenvalue weighted by Crippen LogP contribution is 2.22. The van der Waals surface area contributed by atoms with Crippen LogP contribution in [0.25, 0.3) is 0 Å². The lowest BCUT2D eigenvalue weighted by Crippen LogP contribution is -2.37. The minimum Gasteiger partial charge on any atom is -0.396 e. The maximum Gasteiger partial charge on any atom is 0.151 e. The average Bonchev–Trinajstić information content (AvgIpc) is 2.19. The van der Waals surface area contributed by atoms with E-state index in [9.17, 15) is 0 Å². The third kappa shape index (κ3) is 2.09. The SMILES string of the molecule is Nc1cc(I)cnc1N1CCOCC1. The number of pyridine rings is 1. The second-order valence-corrected chi connectivity index (χ2v) is 4.41. The molecule has 0 unspecified atom stereocenters. The Morgan fingerprint density at radius 3 is 2.79 bits per heavy atom. The molecule has 0 radical (unpaired) electrons. The third-order valence-corrected chi connectivity index (χ3v) is 2.76. The fourth-order valence-corrected chi connectivity index (χ4v) is 1.96. The van der Waals surface area contributed by atoms with Crippen LogP contribution in [0, 0.1) is 3.57 Å². The highest BCUT2D eigenvalue weighted by atomic mass is 127. The molecule has 76 valence electrons. The van der Waals surface area contributed by atoms with Gasteiger partial charge >= 0.3 is 0 Å². The quantitative estimate of drug-likeness (QED) is 0.790. The maximum absolute atomic E-state index is 5.90. The second kappa shape index (κ2) is 4.31. The molecule has 0 spiro atoms. The largest absolute Gasteiger partial charge is 0.396 e. The Morgan fingerprint density at radius 2 is 2.14 bits per heavy atom. The van der Waals surface area contributed by atoms with E-state index in [1.54, 1.807) is 0 Å². The Morgan fingerprint density at radius 1 is 1.43 bits per heavy atom. The summed E-state index contributed by atoms with van der Waals surface area (Å²) in [6.45, 7) is 3.26. The second-order valence-electron chi connectivity index (χ2n) is 3.17. The van der Waals surface area contributed by atoms with Gasteiger partial charge in [0.2, 0.25) is 0 Å². The molecule has 1 fully saturated rings. The van der Waals surface area contributed by atoms with Crippen molar-refractivity contribution in [2.75, 3.05) is 36.9 Å². The van der Waals surface area contributed by atoms with E-state index in [4.69, 9.17) is 10.5 Å². The van der Waals surface area contributed by atoms with Gasteiger partial charge < -0.3 is 15.4 Å². The lowest BCUT2D eigenvalue weighted by Gasteiger charge is -2.28. The van der Waals surface area contributed by atoms with Crippen LogP contribution in [0.15, 0.2) is 12.3 Å². The van der Waals surface area contributed by atoms with Crippen molar-refractivity contribution >= 4 is 34.1 Å². The molecule has 4 nitrogen and oxygen atoms in total. The molecule has 0 amide bonds. The van der Waals surface area contributed by atoms with Crippen LogP contribution < -0.4 is 10.6 Å². The van der Waals surface area contributed by atoms with Gasteiger partial charge in [-0.25, -0.2) is 4.98 Å². The molecule has 1 aliphatic rings. The van der Waals surface area contributed by atoms with Crippen molar-refractivity contribution in [3.63, 3.8) is 0 Å². The van der Waals surface area contributed by atoms with Gasteiger partial charge in [0.1, 0.15) is 0 Å². The number of morpholine rings is 1. The fraction of sp³-hybridized carbons (Fsp3) is 0.444. The van der Waals surface area contributed by atoms with E-state index < -0.39 is 0 Å². The zero-order chi connectivity index (χ0) is 9.97. The Kier molecular flexibility index (Phi) is 3.07. The van der Waals surface area contributed by atoms with Gasteiger partial charge in [-0.15, -0.1) is 0 Å². The molecule has 14 heavy (non-hydrogen) atoms.